The lowest BCUT2D eigenvalue weighted by Gasteiger charge is -2.02. The maximum Gasteiger partial charge on any atom is 0.335 e. The number of furan rings is 1. The molecule has 2 N–H and O–H groups in total. The number of aromatic carboxylic acids is 1. The number of nitrogens with one attached hydrogen (secondary N) is 1. The van der Waals surface area contributed by atoms with E-state index in [2.05, 4.69) is 4.72 Å². The van der Waals surface area contributed by atoms with Gasteiger partial charge >= 0.3 is 5.97 Å². The van der Waals surface area contributed by atoms with E-state index in [0.29, 0.717) is 12.1 Å². The summed E-state index contributed by atoms with van der Waals surface area (Å²) in [6, 6.07) is 10.4. The monoisotopic (exact) mass is 249 g/mol. The minimum atomic E-state index is -0.912. The molecule has 0 unspecified atom stereocenters. The molecule has 1 heterocycles. The van der Waals surface area contributed by atoms with Crippen molar-refractivity contribution in [1.82, 2.24) is 4.72 Å². The highest BCUT2D eigenvalue weighted by Gasteiger charge is 2.02. The third-order valence-electron chi connectivity index (χ3n) is 2.12. The van der Waals surface area contributed by atoms with E-state index in [4.69, 9.17) is 9.52 Å². The van der Waals surface area contributed by atoms with E-state index >= 15 is 0 Å². The third-order valence-corrected chi connectivity index (χ3v) is 2.91. The van der Waals surface area contributed by atoms with Gasteiger partial charge in [0.2, 0.25) is 0 Å². The first kappa shape index (κ1) is 11.8. The van der Waals surface area contributed by atoms with Gasteiger partial charge in [0.1, 0.15) is 5.76 Å². The molecule has 4 nitrogen and oxygen atoms in total. The van der Waals surface area contributed by atoms with Crippen molar-refractivity contribution in [3.05, 3.63) is 54.0 Å². The number of rotatable bonds is 5. The zero-order valence-electron chi connectivity index (χ0n) is 8.92. The van der Waals surface area contributed by atoms with Crippen LogP contribution < -0.4 is 4.72 Å². The number of hydrogen-bond acceptors (Lipinski definition) is 4. The molecule has 0 radical (unpaired) electrons. The van der Waals surface area contributed by atoms with E-state index in [9.17, 15) is 4.79 Å². The van der Waals surface area contributed by atoms with Gasteiger partial charge in [0, 0.05) is 4.90 Å². The van der Waals surface area contributed by atoms with E-state index in [1.807, 2.05) is 12.1 Å². The Labute approximate surface area is 103 Å². The van der Waals surface area contributed by atoms with Crippen molar-refractivity contribution in [2.24, 2.45) is 0 Å². The first-order valence-corrected chi connectivity index (χ1v) is 5.83. The maximum atomic E-state index is 10.6. The second-order valence-electron chi connectivity index (χ2n) is 3.33. The van der Waals surface area contributed by atoms with Gasteiger partial charge in [0.15, 0.2) is 0 Å². The number of benzene rings is 1. The molecule has 0 bridgehead atoms. The minimum Gasteiger partial charge on any atom is -0.478 e. The van der Waals surface area contributed by atoms with E-state index in [0.717, 1.165) is 10.7 Å². The number of carboxylic acids is 1. The van der Waals surface area contributed by atoms with E-state index in [-0.39, 0.29) is 0 Å². The molecule has 2 rings (SSSR count). The molecule has 0 fully saturated rings. The number of carboxylic acid groups (broad SMARTS) is 1. The summed E-state index contributed by atoms with van der Waals surface area (Å²) < 4.78 is 8.30. The fourth-order valence-corrected chi connectivity index (χ4v) is 1.92. The molecular weight excluding hydrogens is 238 g/mol. The lowest BCUT2D eigenvalue weighted by Crippen LogP contribution is -2.02. The molecule has 1 aromatic carbocycles. The zero-order chi connectivity index (χ0) is 12.1. The summed E-state index contributed by atoms with van der Waals surface area (Å²) in [5, 5.41) is 8.74. The zero-order valence-corrected chi connectivity index (χ0v) is 9.74. The summed E-state index contributed by atoms with van der Waals surface area (Å²) in [4.78, 5) is 11.6. The molecule has 0 atom stereocenters. The summed E-state index contributed by atoms with van der Waals surface area (Å²) in [6.45, 7) is 0.623. The average Bonchev–Trinajstić information content (AvgIpc) is 2.83. The van der Waals surface area contributed by atoms with Crippen LogP contribution in [0.4, 0.5) is 0 Å². The van der Waals surface area contributed by atoms with Crippen LogP contribution in [0.5, 0.6) is 0 Å². The topological polar surface area (TPSA) is 62.5 Å². The Balaban J connectivity index is 1.85. The Morgan fingerprint density at radius 3 is 2.65 bits per heavy atom. The first-order chi connectivity index (χ1) is 8.25. The normalized spacial score (nSPS) is 10.4. The lowest BCUT2D eigenvalue weighted by molar-refractivity contribution is 0.0697. The Hall–Kier alpha value is -1.72. The van der Waals surface area contributed by atoms with Crippen LogP contribution in [0, 0.1) is 0 Å². The Morgan fingerprint density at radius 1 is 1.29 bits per heavy atom. The van der Waals surface area contributed by atoms with E-state index < -0.39 is 5.97 Å². The predicted octanol–water partition coefficient (Wildman–Crippen LogP) is 2.77. The van der Waals surface area contributed by atoms with Gasteiger partial charge in [-0.1, -0.05) is 0 Å². The highest BCUT2D eigenvalue weighted by atomic mass is 32.2. The summed E-state index contributed by atoms with van der Waals surface area (Å²) >= 11 is 1.44. The third kappa shape index (κ3) is 3.37. The molecule has 0 aliphatic carbocycles. The molecule has 17 heavy (non-hydrogen) atoms. The highest BCUT2D eigenvalue weighted by Crippen LogP contribution is 2.16. The van der Waals surface area contributed by atoms with Gasteiger partial charge in [-0.25, -0.2) is 4.79 Å². The fraction of sp³-hybridized carbons (Fsp3) is 0.0833. The number of carbonyl (C=O) groups is 1. The minimum absolute atomic E-state index is 0.292. The summed E-state index contributed by atoms with van der Waals surface area (Å²) in [5.74, 6) is -0.0512. The molecule has 2 aromatic rings. The molecule has 0 aliphatic rings. The molecule has 0 saturated carbocycles. The highest BCUT2D eigenvalue weighted by molar-refractivity contribution is 7.97. The quantitative estimate of drug-likeness (QED) is 0.798. The largest absolute Gasteiger partial charge is 0.478 e. The van der Waals surface area contributed by atoms with Crippen molar-refractivity contribution in [3.63, 3.8) is 0 Å². The molecule has 88 valence electrons. The van der Waals surface area contributed by atoms with Crippen molar-refractivity contribution in [2.45, 2.75) is 11.4 Å². The van der Waals surface area contributed by atoms with Gasteiger partial charge < -0.3 is 9.52 Å². The molecule has 5 heteroatoms. The Bertz CT molecular complexity index is 479. The lowest BCUT2D eigenvalue weighted by atomic mass is 10.2. The van der Waals surface area contributed by atoms with Crippen LogP contribution in [-0.4, -0.2) is 11.1 Å². The van der Waals surface area contributed by atoms with Crippen molar-refractivity contribution in [3.8, 4) is 0 Å². The van der Waals surface area contributed by atoms with Crippen molar-refractivity contribution >= 4 is 17.9 Å². The second kappa shape index (κ2) is 5.56. The molecule has 0 saturated heterocycles. The van der Waals surface area contributed by atoms with Gasteiger partial charge in [0.25, 0.3) is 0 Å². The van der Waals surface area contributed by atoms with Crippen LogP contribution in [0.15, 0.2) is 52.0 Å². The van der Waals surface area contributed by atoms with Crippen molar-refractivity contribution in [2.75, 3.05) is 0 Å². The summed E-state index contributed by atoms with van der Waals surface area (Å²) in [6.07, 6.45) is 1.63. The first-order valence-electron chi connectivity index (χ1n) is 5.01. The van der Waals surface area contributed by atoms with Gasteiger partial charge in [0.05, 0.1) is 18.4 Å². The Morgan fingerprint density at radius 2 is 2.06 bits per heavy atom. The maximum absolute atomic E-state index is 10.6. The molecule has 1 aromatic heterocycles. The molecule has 0 aliphatic heterocycles. The van der Waals surface area contributed by atoms with Gasteiger partial charge in [-0.05, 0) is 48.3 Å². The summed E-state index contributed by atoms with van der Waals surface area (Å²) in [7, 11) is 0. The van der Waals surface area contributed by atoms with Gasteiger partial charge in [-0.15, -0.1) is 0 Å². The van der Waals surface area contributed by atoms with Crippen LogP contribution in [0.1, 0.15) is 16.1 Å². The second-order valence-corrected chi connectivity index (χ2v) is 4.30. The van der Waals surface area contributed by atoms with Crippen molar-refractivity contribution < 1.29 is 14.3 Å². The average molecular weight is 249 g/mol. The predicted molar refractivity (Wildman–Crippen MR) is 64.8 cm³/mol. The molecule has 0 amide bonds. The van der Waals surface area contributed by atoms with Gasteiger partial charge in [-0.3, -0.25) is 4.72 Å². The Kier molecular flexibility index (Phi) is 3.85. The summed E-state index contributed by atoms with van der Waals surface area (Å²) in [5.41, 5.74) is 0.292. The molecule has 0 spiro atoms. The van der Waals surface area contributed by atoms with Crippen LogP contribution in [0.25, 0.3) is 0 Å². The van der Waals surface area contributed by atoms with Crippen LogP contribution in [0.3, 0.4) is 0 Å². The smallest absolute Gasteiger partial charge is 0.335 e. The van der Waals surface area contributed by atoms with Gasteiger partial charge in [-0.2, -0.15) is 0 Å². The van der Waals surface area contributed by atoms with Crippen LogP contribution >= 0.6 is 11.9 Å². The van der Waals surface area contributed by atoms with Crippen LogP contribution in [-0.2, 0) is 6.54 Å². The number of hydrogen-bond donors (Lipinski definition) is 2. The molecular formula is C12H11NO3S. The SMILES string of the molecule is O=C(O)c1ccc(SNCc2ccco2)cc1. The van der Waals surface area contributed by atoms with E-state index in [1.165, 1.54) is 11.9 Å². The van der Waals surface area contributed by atoms with Crippen molar-refractivity contribution in [1.29, 1.82) is 0 Å². The van der Waals surface area contributed by atoms with E-state index in [1.54, 1.807) is 30.5 Å². The standard InChI is InChI=1S/C12H11NO3S/c14-12(15)9-3-5-11(6-4-9)17-13-8-10-2-1-7-16-10/h1-7,13H,8H2,(H,14,15). The van der Waals surface area contributed by atoms with Crippen LogP contribution in [0.2, 0.25) is 0 Å². The fourth-order valence-electron chi connectivity index (χ4n) is 1.27.